The first-order valence-electron chi connectivity index (χ1n) is 7.35. The average Bonchev–Trinajstić information content (AvgIpc) is 2.48. The zero-order valence-corrected chi connectivity index (χ0v) is 13.6. The fourth-order valence-corrected chi connectivity index (χ4v) is 1.60. The van der Waals surface area contributed by atoms with Crippen LogP contribution in [0.3, 0.4) is 0 Å². The van der Waals surface area contributed by atoms with Crippen LogP contribution in [0.1, 0.15) is 31.1 Å². The van der Waals surface area contributed by atoms with Crippen molar-refractivity contribution in [2.45, 2.75) is 26.4 Å². The Morgan fingerprint density at radius 2 is 1.57 bits per heavy atom. The van der Waals surface area contributed by atoms with Crippen LogP contribution < -0.4 is 16.0 Å². The lowest BCUT2D eigenvalue weighted by Gasteiger charge is -2.19. The summed E-state index contributed by atoms with van der Waals surface area (Å²) >= 11 is 0. The molecular weight excluding hydrogens is 298 g/mol. The monoisotopic (exact) mass is 321 g/mol. The molecule has 7 heteroatoms. The second-order valence-corrected chi connectivity index (χ2v) is 5.83. The molecule has 0 radical (unpaired) electrons. The van der Waals surface area contributed by atoms with E-state index in [9.17, 15) is 14.4 Å². The van der Waals surface area contributed by atoms with Gasteiger partial charge in [-0.15, -0.1) is 0 Å². The highest BCUT2D eigenvalue weighted by molar-refractivity contribution is 5.96. The summed E-state index contributed by atoms with van der Waals surface area (Å²) in [7, 11) is 0. The third-order valence-electron chi connectivity index (χ3n) is 2.56. The summed E-state index contributed by atoms with van der Waals surface area (Å²) in [6, 6.07) is 8.63. The molecule has 0 aliphatic heterocycles. The van der Waals surface area contributed by atoms with Gasteiger partial charge >= 0.3 is 6.09 Å². The molecule has 23 heavy (non-hydrogen) atoms. The SMILES string of the molecule is CC(C)(C)OC(=O)NCCNC(=O)CNC(=O)c1ccccc1. The largest absolute Gasteiger partial charge is 0.444 e. The second-order valence-electron chi connectivity index (χ2n) is 5.83. The van der Waals surface area contributed by atoms with Gasteiger partial charge in [0, 0.05) is 18.7 Å². The van der Waals surface area contributed by atoms with E-state index in [1.807, 2.05) is 0 Å². The van der Waals surface area contributed by atoms with Gasteiger partial charge in [-0.05, 0) is 32.9 Å². The highest BCUT2D eigenvalue weighted by Gasteiger charge is 2.15. The van der Waals surface area contributed by atoms with Gasteiger partial charge in [0.2, 0.25) is 5.91 Å². The van der Waals surface area contributed by atoms with Crippen LogP contribution in [0, 0.1) is 0 Å². The molecule has 3 N–H and O–H groups in total. The lowest BCUT2D eigenvalue weighted by Crippen LogP contribution is -2.41. The molecule has 3 amide bonds. The number of ether oxygens (including phenoxy) is 1. The van der Waals surface area contributed by atoms with Crippen molar-refractivity contribution in [2.75, 3.05) is 19.6 Å². The summed E-state index contributed by atoms with van der Waals surface area (Å²) < 4.78 is 5.05. The Morgan fingerprint density at radius 1 is 0.957 bits per heavy atom. The van der Waals surface area contributed by atoms with Gasteiger partial charge in [0.15, 0.2) is 0 Å². The first-order chi connectivity index (χ1) is 10.8. The number of rotatable bonds is 6. The van der Waals surface area contributed by atoms with Crippen LogP contribution in [0.4, 0.5) is 4.79 Å². The predicted molar refractivity (Wildman–Crippen MR) is 86.0 cm³/mol. The van der Waals surface area contributed by atoms with Gasteiger partial charge in [0.05, 0.1) is 6.54 Å². The molecular formula is C16H23N3O4. The van der Waals surface area contributed by atoms with Crippen molar-refractivity contribution in [1.29, 1.82) is 0 Å². The molecule has 0 saturated carbocycles. The number of carbonyl (C=O) groups is 3. The van der Waals surface area contributed by atoms with E-state index in [1.54, 1.807) is 51.1 Å². The minimum absolute atomic E-state index is 0.125. The molecule has 0 aromatic heterocycles. The summed E-state index contributed by atoms with van der Waals surface area (Å²) in [6.07, 6.45) is -0.538. The first-order valence-corrected chi connectivity index (χ1v) is 7.35. The van der Waals surface area contributed by atoms with Crippen LogP contribution >= 0.6 is 0 Å². The van der Waals surface area contributed by atoms with E-state index < -0.39 is 11.7 Å². The van der Waals surface area contributed by atoms with Gasteiger partial charge in [0.1, 0.15) is 5.60 Å². The third-order valence-corrected chi connectivity index (χ3v) is 2.56. The molecule has 0 fully saturated rings. The Labute approximate surface area is 135 Å². The Hall–Kier alpha value is -2.57. The fraction of sp³-hybridized carbons (Fsp3) is 0.438. The van der Waals surface area contributed by atoms with Crippen LogP contribution in [-0.4, -0.2) is 43.1 Å². The molecule has 0 heterocycles. The molecule has 1 aromatic carbocycles. The Kier molecular flexibility index (Phi) is 7.05. The maximum atomic E-state index is 11.7. The lowest BCUT2D eigenvalue weighted by molar-refractivity contribution is -0.120. The molecule has 0 bridgehead atoms. The average molecular weight is 321 g/mol. The van der Waals surface area contributed by atoms with Crippen molar-refractivity contribution in [3.63, 3.8) is 0 Å². The highest BCUT2D eigenvalue weighted by Crippen LogP contribution is 2.05. The maximum Gasteiger partial charge on any atom is 0.407 e. The van der Waals surface area contributed by atoms with Crippen LogP contribution in [0.2, 0.25) is 0 Å². The molecule has 126 valence electrons. The fourth-order valence-electron chi connectivity index (χ4n) is 1.60. The summed E-state index contributed by atoms with van der Waals surface area (Å²) in [6.45, 7) is 5.67. The van der Waals surface area contributed by atoms with Gasteiger partial charge in [-0.2, -0.15) is 0 Å². The van der Waals surface area contributed by atoms with E-state index in [-0.39, 0.29) is 31.4 Å². The third kappa shape index (κ3) is 8.45. The molecule has 0 atom stereocenters. The Balaban J connectivity index is 2.15. The number of amides is 3. The topological polar surface area (TPSA) is 96.5 Å². The molecule has 1 rings (SSSR count). The van der Waals surface area contributed by atoms with Gasteiger partial charge in [-0.25, -0.2) is 4.79 Å². The molecule has 0 aliphatic rings. The minimum Gasteiger partial charge on any atom is -0.444 e. The number of hydrogen-bond acceptors (Lipinski definition) is 4. The summed E-state index contributed by atoms with van der Waals surface area (Å²) in [4.78, 5) is 34.7. The summed E-state index contributed by atoms with van der Waals surface area (Å²) in [5.41, 5.74) is -0.0680. The first kappa shape index (κ1) is 18.5. The van der Waals surface area contributed by atoms with Crippen molar-refractivity contribution in [3.8, 4) is 0 Å². The number of nitrogens with one attached hydrogen (secondary N) is 3. The van der Waals surface area contributed by atoms with E-state index in [0.717, 1.165) is 0 Å². The molecule has 0 aliphatic carbocycles. The van der Waals surface area contributed by atoms with Crippen LogP contribution in [-0.2, 0) is 9.53 Å². The van der Waals surface area contributed by atoms with Crippen LogP contribution in [0.25, 0.3) is 0 Å². The van der Waals surface area contributed by atoms with Gasteiger partial charge in [0.25, 0.3) is 5.91 Å². The molecule has 1 aromatic rings. The maximum absolute atomic E-state index is 11.7. The Bertz CT molecular complexity index is 538. The standard InChI is InChI=1S/C16H23N3O4/c1-16(2,3)23-15(22)18-10-9-17-13(20)11-19-14(21)12-7-5-4-6-8-12/h4-8H,9-11H2,1-3H3,(H,17,20)(H,18,22)(H,19,21). The van der Waals surface area contributed by atoms with Gasteiger partial charge in [-0.1, -0.05) is 18.2 Å². The molecule has 7 nitrogen and oxygen atoms in total. The van der Waals surface area contributed by atoms with Crippen molar-refractivity contribution >= 4 is 17.9 Å². The van der Waals surface area contributed by atoms with Gasteiger partial charge in [-0.3, -0.25) is 9.59 Å². The van der Waals surface area contributed by atoms with Crippen LogP contribution in [0.5, 0.6) is 0 Å². The predicted octanol–water partition coefficient (Wildman–Crippen LogP) is 1.06. The van der Waals surface area contributed by atoms with E-state index >= 15 is 0 Å². The molecule has 0 unspecified atom stereocenters. The lowest BCUT2D eigenvalue weighted by atomic mass is 10.2. The smallest absolute Gasteiger partial charge is 0.407 e. The number of carbonyl (C=O) groups excluding carboxylic acids is 3. The van der Waals surface area contributed by atoms with E-state index in [4.69, 9.17) is 4.74 Å². The second kappa shape index (κ2) is 8.77. The number of alkyl carbamates (subject to hydrolysis) is 1. The Morgan fingerprint density at radius 3 is 2.17 bits per heavy atom. The van der Waals surface area contributed by atoms with Crippen molar-refractivity contribution < 1.29 is 19.1 Å². The van der Waals surface area contributed by atoms with E-state index in [1.165, 1.54) is 0 Å². The van der Waals surface area contributed by atoms with Crippen molar-refractivity contribution in [1.82, 2.24) is 16.0 Å². The zero-order valence-electron chi connectivity index (χ0n) is 13.6. The summed E-state index contributed by atoms with van der Waals surface area (Å²) in [5, 5.41) is 7.62. The highest BCUT2D eigenvalue weighted by atomic mass is 16.6. The number of hydrogen-bond donors (Lipinski definition) is 3. The summed E-state index contributed by atoms with van der Waals surface area (Å²) in [5.74, 6) is -0.645. The molecule has 0 spiro atoms. The van der Waals surface area contributed by atoms with E-state index in [2.05, 4.69) is 16.0 Å². The minimum atomic E-state index is -0.560. The van der Waals surface area contributed by atoms with Crippen molar-refractivity contribution in [3.05, 3.63) is 35.9 Å². The number of benzene rings is 1. The molecule has 0 saturated heterocycles. The zero-order chi connectivity index (χ0) is 17.3. The van der Waals surface area contributed by atoms with Crippen molar-refractivity contribution in [2.24, 2.45) is 0 Å². The van der Waals surface area contributed by atoms with E-state index in [0.29, 0.717) is 5.56 Å². The van der Waals surface area contributed by atoms with Gasteiger partial charge < -0.3 is 20.7 Å². The van der Waals surface area contributed by atoms with Crippen LogP contribution in [0.15, 0.2) is 30.3 Å². The normalized spacial score (nSPS) is 10.6. The quantitative estimate of drug-likeness (QED) is 0.683.